The first kappa shape index (κ1) is 9.59. The van der Waals surface area contributed by atoms with Crippen molar-refractivity contribution in [1.82, 2.24) is 9.97 Å². The molecular weight excluding hydrogens is 208 g/mol. The van der Waals surface area contributed by atoms with Crippen molar-refractivity contribution in [3.8, 4) is 0 Å². The molecule has 80 valence electrons. The fraction of sp³-hybridized carbons (Fsp3) is 0.667. The normalized spacial score (nSPS) is 27.8. The molecule has 2 nitrogen and oxygen atoms in total. The predicted octanol–water partition coefficient (Wildman–Crippen LogP) is 3.52. The Hall–Kier alpha value is -0.630. The molecule has 2 aliphatic carbocycles. The SMILES string of the molecule is CC1(C)CC1c1nc(Cl)cc(C2CC2)n1. The Morgan fingerprint density at radius 1 is 1.33 bits per heavy atom. The number of rotatable bonds is 2. The maximum atomic E-state index is 6.04. The van der Waals surface area contributed by atoms with Gasteiger partial charge in [-0.2, -0.15) is 0 Å². The molecule has 0 aromatic carbocycles. The number of nitrogens with zero attached hydrogens (tertiary/aromatic N) is 2. The summed E-state index contributed by atoms with van der Waals surface area (Å²) in [7, 11) is 0. The van der Waals surface area contributed by atoms with Crippen LogP contribution >= 0.6 is 11.6 Å². The molecule has 1 heterocycles. The van der Waals surface area contributed by atoms with Gasteiger partial charge in [-0.3, -0.25) is 0 Å². The van der Waals surface area contributed by atoms with Crippen LogP contribution in [0.3, 0.4) is 0 Å². The van der Waals surface area contributed by atoms with E-state index in [0.29, 0.717) is 22.4 Å². The van der Waals surface area contributed by atoms with Crippen molar-refractivity contribution in [2.24, 2.45) is 5.41 Å². The quantitative estimate of drug-likeness (QED) is 0.716. The Kier molecular flexibility index (Phi) is 1.88. The maximum Gasteiger partial charge on any atom is 0.133 e. The second-order valence-corrected chi connectivity index (χ2v) is 5.88. The van der Waals surface area contributed by atoms with E-state index in [4.69, 9.17) is 11.6 Å². The van der Waals surface area contributed by atoms with Crippen LogP contribution in [0.4, 0.5) is 0 Å². The first-order valence-corrected chi connectivity index (χ1v) is 5.98. The van der Waals surface area contributed by atoms with Crippen molar-refractivity contribution < 1.29 is 0 Å². The molecular formula is C12H15ClN2. The third kappa shape index (κ3) is 1.76. The van der Waals surface area contributed by atoms with Crippen LogP contribution in [0.2, 0.25) is 5.15 Å². The summed E-state index contributed by atoms with van der Waals surface area (Å²) < 4.78 is 0. The minimum absolute atomic E-state index is 0.380. The van der Waals surface area contributed by atoms with Gasteiger partial charge in [0.2, 0.25) is 0 Å². The molecule has 1 aromatic rings. The molecule has 2 fully saturated rings. The van der Waals surface area contributed by atoms with Gasteiger partial charge in [-0.1, -0.05) is 25.4 Å². The summed E-state index contributed by atoms with van der Waals surface area (Å²) >= 11 is 6.04. The van der Waals surface area contributed by atoms with Gasteiger partial charge < -0.3 is 0 Å². The molecule has 0 N–H and O–H groups in total. The lowest BCUT2D eigenvalue weighted by Crippen LogP contribution is -2.00. The Bertz CT molecular complexity index is 410. The molecule has 3 rings (SSSR count). The molecule has 1 aromatic heterocycles. The molecule has 0 amide bonds. The van der Waals surface area contributed by atoms with E-state index in [-0.39, 0.29) is 0 Å². The molecule has 2 saturated carbocycles. The van der Waals surface area contributed by atoms with E-state index < -0.39 is 0 Å². The highest BCUT2D eigenvalue weighted by molar-refractivity contribution is 6.29. The summed E-state index contributed by atoms with van der Waals surface area (Å²) in [6, 6.07) is 1.93. The molecule has 0 spiro atoms. The lowest BCUT2D eigenvalue weighted by molar-refractivity contribution is 0.606. The van der Waals surface area contributed by atoms with Gasteiger partial charge in [0.15, 0.2) is 0 Å². The summed E-state index contributed by atoms with van der Waals surface area (Å²) in [6.45, 7) is 4.53. The Balaban J connectivity index is 1.94. The van der Waals surface area contributed by atoms with Gasteiger partial charge in [-0.25, -0.2) is 9.97 Å². The standard InChI is InChI=1S/C12H15ClN2/c1-12(2)6-8(12)11-14-9(7-3-4-7)5-10(13)15-11/h5,7-8H,3-4,6H2,1-2H3. The van der Waals surface area contributed by atoms with Gasteiger partial charge >= 0.3 is 0 Å². The second kappa shape index (κ2) is 2.94. The Morgan fingerprint density at radius 2 is 2.00 bits per heavy atom. The van der Waals surface area contributed by atoms with E-state index >= 15 is 0 Å². The Morgan fingerprint density at radius 3 is 2.53 bits per heavy atom. The van der Waals surface area contributed by atoms with E-state index in [2.05, 4.69) is 23.8 Å². The number of halogens is 1. The van der Waals surface area contributed by atoms with Crippen LogP contribution in [0.5, 0.6) is 0 Å². The smallest absolute Gasteiger partial charge is 0.133 e. The molecule has 1 unspecified atom stereocenters. The van der Waals surface area contributed by atoms with Crippen LogP contribution in [-0.4, -0.2) is 9.97 Å². The first-order chi connectivity index (χ1) is 7.06. The van der Waals surface area contributed by atoms with E-state index in [1.54, 1.807) is 0 Å². The van der Waals surface area contributed by atoms with Crippen LogP contribution in [0.25, 0.3) is 0 Å². The van der Waals surface area contributed by atoms with Crippen molar-refractivity contribution >= 4 is 11.6 Å². The highest BCUT2D eigenvalue weighted by Gasteiger charge is 2.48. The summed E-state index contributed by atoms with van der Waals surface area (Å²) in [6.07, 6.45) is 3.72. The minimum atomic E-state index is 0.380. The monoisotopic (exact) mass is 222 g/mol. The number of hydrogen-bond donors (Lipinski definition) is 0. The van der Waals surface area contributed by atoms with Gasteiger partial charge in [-0.15, -0.1) is 0 Å². The largest absolute Gasteiger partial charge is 0.237 e. The third-order valence-corrected chi connectivity index (χ3v) is 3.75. The molecule has 3 heteroatoms. The summed E-state index contributed by atoms with van der Waals surface area (Å²) in [5.74, 6) is 2.15. The van der Waals surface area contributed by atoms with Gasteiger partial charge in [0.1, 0.15) is 11.0 Å². The second-order valence-electron chi connectivity index (χ2n) is 5.49. The fourth-order valence-electron chi connectivity index (χ4n) is 2.11. The average molecular weight is 223 g/mol. The zero-order valence-corrected chi connectivity index (χ0v) is 9.88. The summed E-state index contributed by atoms with van der Waals surface area (Å²) in [4.78, 5) is 9.01. The molecule has 0 bridgehead atoms. The first-order valence-electron chi connectivity index (χ1n) is 5.61. The van der Waals surface area contributed by atoms with Gasteiger partial charge in [-0.05, 0) is 30.7 Å². The van der Waals surface area contributed by atoms with Crippen LogP contribution < -0.4 is 0 Å². The van der Waals surface area contributed by atoms with Crippen molar-refractivity contribution in [1.29, 1.82) is 0 Å². The average Bonchev–Trinajstić information content (AvgIpc) is 2.99. The lowest BCUT2D eigenvalue weighted by Gasteiger charge is -2.05. The van der Waals surface area contributed by atoms with Gasteiger partial charge in [0.25, 0.3) is 0 Å². The van der Waals surface area contributed by atoms with Crippen molar-refractivity contribution in [3.05, 3.63) is 22.7 Å². The van der Waals surface area contributed by atoms with Crippen LogP contribution in [0.1, 0.15) is 56.5 Å². The van der Waals surface area contributed by atoms with E-state index in [0.717, 1.165) is 11.5 Å². The van der Waals surface area contributed by atoms with Crippen LogP contribution in [-0.2, 0) is 0 Å². The fourth-order valence-corrected chi connectivity index (χ4v) is 2.30. The summed E-state index contributed by atoms with van der Waals surface area (Å²) in [5.41, 5.74) is 1.54. The van der Waals surface area contributed by atoms with Crippen LogP contribution in [0, 0.1) is 5.41 Å². The Labute approximate surface area is 95.1 Å². The summed E-state index contributed by atoms with van der Waals surface area (Å²) in [5, 5.41) is 0.615. The molecule has 0 radical (unpaired) electrons. The van der Waals surface area contributed by atoms with E-state index in [9.17, 15) is 0 Å². The highest BCUT2D eigenvalue weighted by Crippen LogP contribution is 2.57. The zero-order valence-electron chi connectivity index (χ0n) is 9.13. The molecule has 0 aliphatic heterocycles. The number of aromatic nitrogens is 2. The molecule has 15 heavy (non-hydrogen) atoms. The lowest BCUT2D eigenvalue weighted by atomic mass is 10.1. The van der Waals surface area contributed by atoms with Crippen molar-refractivity contribution in [3.63, 3.8) is 0 Å². The van der Waals surface area contributed by atoms with Gasteiger partial charge in [0, 0.05) is 17.5 Å². The highest BCUT2D eigenvalue weighted by atomic mass is 35.5. The molecule has 2 aliphatic rings. The predicted molar refractivity (Wildman–Crippen MR) is 60.2 cm³/mol. The number of hydrogen-bond acceptors (Lipinski definition) is 2. The van der Waals surface area contributed by atoms with E-state index in [1.807, 2.05) is 6.07 Å². The topological polar surface area (TPSA) is 25.8 Å². The van der Waals surface area contributed by atoms with Crippen LogP contribution in [0.15, 0.2) is 6.07 Å². The molecule has 0 saturated heterocycles. The maximum absolute atomic E-state index is 6.04. The van der Waals surface area contributed by atoms with Crippen molar-refractivity contribution in [2.75, 3.05) is 0 Å². The van der Waals surface area contributed by atoms with Crippen molar-refractivity contribution in [2.45, 2.75) is 44.9 Å². The van der Waals surface area contributed by atoms with E-state index in [1.165, 1.54) is 19.3 Å². The zero-order chi connectivity index (χ0) is 10.6. The minimum Gasteiger partial charge on any atom is -0.237 e. The molecule has 1 atom stereocenters. The van der Waals surface area contributed by atoms with Gasteiger partial charge in [0.05, 0.1) is 0 Å². The third-order valence-electron chi connectivity index (χ3n) is 3.55.